The van der Waals surface area contributed by atoms with Gasteiger partial charge >= 0.3 is 0 Å². The van der Waals surface area contributed by atoms with Crippen LogP contribution in [-0.4, -0.2) is 34.7 Å². The van der Waals surface area contributed by atoms with Crippen molar-refractivity contribution in [3.63, 3.8) is 0 Å². The Morgan fingerprint density at radius 1 is 0.538 bits per heavy atom. The Bertz CT molecular complexity index is 1250. The van der Waals surface area contributed by atoms with Crippen LogP contribution in [0.15, 0.2) is 51.5 Å². The molecule has 0 aromatic carbocycles. The van der Waals surface area contributed by atoms with Crippen molar-refractivity contribution in [3.8, 4) is 0 Å². The zero-order valence-corrected chi connectivity index (χ0v) is 34.3. The molecule has 5 nitrogen and oxygen atoms in total. The third-order valence-electron chi connectivity index (χ3n) is 11.4. The topological polar surface area (TPSA) is 53.8 Å². The molecule has 0 saturated carbocycles. The second kappa shape index (κ2) is 23.9. The van der Waals surface area contributed by atoms with E-state index in [2.05, 4.69) is 39.1 Å². The average Bonchev–Trinajstić information content (AvgIpc) is 3.96. The summed E-state index contributed by atoms with van der Waals surface area (Å²) in [5, 5.41) is 2.07. The van der Waals surface area contributed by atoms with Crippen LogP contribution in [0.4, 0.5) is 0 Å². The van der Waals surface area contributed by atoms with Gasteiger partial charge in [0.15, 0.2) is 5.76 Å². The molecule has 2 atom stereocenters. The lowest BCUT2D eigenvalue weighted by atomic mass is 9.93. The number of hydrogen-bond donors (Lipinski definition) is 0. The molecule has 0 bridgehead atoms. The van der Waals surface area contributed by atoms with Crippen molar-refractivity contribution in [1.29, 1.82) is 0 Å². The van der Waals surface area contributed by atoms with E-state index in [1.165, 1.54) is 128 Å². The highest BCUT2D eigenvalue weighted by Gasteiger charge is 2.50. The van der Waals surface area contributed by atoms with Gasteiger partial charge in [0.25, 0.3) is 11.8 Å². The molecule has 2 amide bonds. The minimum absolute atomic E-state index is 0.0161. The fraction of sp³-hybridized carbons (Fsp3) is 0.696. The highest BCUT2D eigenvalue weighted by atomic mass is 32.1. The van der Waals surface area contributed by atoms with Crippen molar-refractivity contribution in [2.75, 3.05) is 13.1 Å². The van der Waals surface area contributed by atoms with Gasteiger partial charge in [-0.15, -0.1) is 11.3 Å². The number of hydrogen-bond acceptors (Lipinski definition) is 4. The van der Waals surface area contributed by atoms with Crippen molar-refractivity contribution in [2.45, 2.75) is 182 Å². The molecule has 0 aliphatic carbocycles. The van der Waals surface area contributed by atoms with Gasteiger partial charge in [-0.2, -0.15) is 0 Å². The predicted octanol–water partition coefficient (Wildman–Crippen LogP) is 13.8. The fourth-order valence-corrected chi connectivity index (χ4v) is 9.18. The van der Waals surface area contributed by atoms with Crippen LogP contribution in [0.3, 0.4) is 0 Å². The molecule has 2 aromatic rings. The van der Waals surface area contributed by atoms with E-state index in [4.69, 9.17) is 4.42 Å². The van der Waals surface area contributed by atoms with E-state index >= 15 is 0 Å². The Hall–Kier alpha value is -2.60. The van der Waals surface area contributed by atoms with Crippen molar-refractivity contribution < 1.29 is 14.0 Å². The summed E-state index contributed by atoms with van der Waals surface area (Å²) in [7, 11) is 0. The lowest BCUT2D eigenvalue weighted by molar-refractivity contribution is -0.124. The minimum atomic E-state index is -0.0161. The van der Waals surface area contributed by atoms with E-state index in [1.807, 2.05) is 28.0 Å². The number of unbranched alkanes of at least 4 members (excludes halogenated alkanes) is 16. The van der Waals surface area contributed by atoms with Crippen LogP contribution in [0.2, 0.25) is 0 Å². The molecule has 0 N–H and O–H groups in total. The summed E-state index contributed by atoms with van der Waals surface area (Å²) in [6.07, 6.45) is 31.3. The Balaban J connectivity index is 1.63. The maximum atomic E-state index is 14.9. The molecule has 0 saturated heterocycles. The maximum Gasteiger partial charge on any atom is 0.261 e. The molecule has 6 heteroatoms. The van der Waals surface area contributed by atoms with Gasteiger partial charge in [-0.25, -0.2) is 0 Å². The summed E-state index contributed by atoms with van der Waals surface area (Å²) < 4.78 is 6.05. The highest BCUT2D eigenvalue weighted by molar-refractivity contribution is 7.11. The van der Waals surface area contributed by atoms with Gasteiger partial charge in [0.05, 0.1) is 28.0 Å². The van der Waals surface area contributed by atoms with Gasteiger partial charge in [0, 0.05) is 13.1 Å². The molecule has 2 aliphatic heterocycles. The molecule has 2 unspecified atom stereocenters. The van der Waals surface area contributed by atoms with Gasteiger partial charge in [-0.05, 0) is 61.1 Å². The second-order valence-corrected chi connectivity index (χ2v) is 16.7. The average molecular weight is 733 g/mol. The minimum Gasteiger partial charge on any atom is -0.463 e. The van der Waals surface area contributed by atoms with E-state index in [9.17, 15) is 9.59 Å². The Morgan fingerprint density at radius 3 is 1.38 bits per heavy atom. The van der Waals surface area contributed by atoms with Crippen LogP contribution >= 0.6 is 11.3 Å². The van der Waals surface area contributed by atoms with Gasteiger partial charge in [0.1, 0.15) is 5.70 Å². The summed E-state index contributed by atoms with van der Waals surface area (Å²) in [4.78, 5) is 34.7. The quantitative estimate of drug-likeness (QED) is 0.0752. The van der Waals surface area contributed by atoms with Crippen LogP contribution in [0.25, 0.3) is 11.4 Å². The highest BCUT2D eigenvalue weighted by Crippen LogP contribution is 2.48. The second-order valence-electron chi connectivity index (χ2n) is 15.8. The first-order valence-electron chi connectivity index (χ1n) is 21.8. The Labute approximate surface area is 321 Å². The maximum absolute atomic E-state index is 14.9. The largest absolute Gasteiger partial charge is 0.463 e. The molecule has 0 fully saturated rings. The van der Waals surface area contributed by atoms with Gasteiger partial charge < -0.3 is 14.2 Å². The monoisotopic (exact) mass is 733 g/mol. The van der Waals surface area contributed by atoms with E-state index in [-0.39, 0.29) is 11.8 Å². The molecule has 4 heterocycles. The molecular weight excluding hydrogens is 661 g/mol. The Kier molecular flexibility index (Phi) is 19.4. The number of rotatable bonds is 30. The smallest absolute Gasteiger partial charge is 0.261 e. The zero-order chi connectivity index (χ0) is 37.0. The normalized spacial score (nSPS) is 15.8. The van der Waals surface area contributed by atoms with Gasteiger partial charge in [-0.3, -0.25) is 9.59 Å². The van der Waals surface area contributed by atoms with E-state index in [0.717, 1.165) is 36.3 Å². The molecular formula is C46H72N2O3S. The summed E-state index contributed by atoms with van der Waals surface area (Å²) in [5.74, 6) is 1.42. The number of carbonyl (C=O) groups excluding carboxylic acids is 2. The van der Waals surface area contributed by atoms with Gasteiger partial charge in [0.2, 0.25) is 0 Å². The first-order chi connectivity index (χ1) is 25.5. The number of nitrogens with zero attached hydrogens (tertiary/aromatic N) is 2. The predicted molar refractivity (Wildman–Crippen MR) is 221 cm³/mol. The summed E-state index contributed by atoms with van der Waals surface area (Å²) in [5.41, 5.74) is 2.70. The Morgan fingerprint density at radius 2 is 0.962 bits per heavy atom. The summed E-state index contributed by atoms with van der Waals surface area (Å²) in [6, 6.07) is 7.97. The number of thiophene rings is 1. The van der Waals surface area contributed by atoms with Gasteiger partial charge in [-0.1, -0.05) is 162 Å². The van der Waals surface area contributed by atoms with E-state index < -0.39 is 0 Å². The molecule has 0 spiro atoms. The summed E-state index contributed by atoms with van der Waals surface area (Å²) in [6.45, 7) is 10.4. The van der Waals surface area contributed by atoms with Crippen LogP contribution in [0, 0.1) is 11.8 Å². The van der Waals surface area contributed by atoms with Crippen LogP contribution in [0.1, 0.15) is 192 Å². The molecule has 52 heavy (non-hydrogen) atoms. The van der Waals surface area contributed by atoms with Crippen LogP contribution < -0.4 is 0 Å². The van der Waals surface area contributed by atoms with E-state index in [0.29, 0.717) is 47.5 Å². The molecule has 2 aromatic heterocycles. The number of amides is 2. The summed E-state index contributed by atoms with van der Waals surface area (Å²) >= 11 is 1.64. The first kappa shape index (κ1) is 42.1. The standard InChI is InChI=1S/C46H72N2O3S/c1-5-9-13-17-19-23-29-37(27-21-15-11-7-3)35-47-43(39-31-25-33-51-39)41-42(46(47)50)44(40-32-26-34-52-40)48(45(41)49)36-38(28-22-16-12-8-4)30-24-20-18-14-10-6-2/h25-26,31-34,37-38H,5-24,27-30,35-36H2,1-4H3. The zero-order valence-electron chi connectivity index (χ0n) is 33.5. The first-order valence-corrected chi connectivity index (χ1v) is 22.6. The lowest BCUT2D eigenvalue weighted by Crippen LogP contribution is -2.34. The van der Waals surface area contributed by atoms with Crippen LogP contribution in [-0.2, 0) is 9.59 Å². The third kappa shape index (κ3) is 12.2. The fourth-order valence-electron chi connectivity index (χ4n) is 8.40. The van der Waals surface area contributed by atoms with Crippen molar-refractivity contribution in [3.05, 3.63) is 57.7 Å². The number of fused-ring (bicyclic) bond motifs is 1. The van der Waals surface area contributed by atoms with Crippen LogP contribution in [0.5, 0.6) is 0 Å². The lowest BCUT2D eigenvalue weighted by Gasteiger charge is -2.29. The SMILES string of the molecule is CCCCCCCCC(CCCCCC)CN1C(=O)C2=C(c3cccs3)N(CC(CCCCCC)CCCCCCCC)C(=O)C2=C1c1ccco1. The number of carbonyl (C=O) groups is 2. The molecule has 4 rings (SSSR count). The third-order valence-corrected chi connectivity index (χ3v) is 12.3. The van der Waals surface area contributed by atoms with Crippen molar-refractivity contribution >= 4 is 34.5 Å². The van der Waals surface area contributed by atoms with E-state index in [1.54, 1.807) is 17.6 Å². The van der Waals surface area contributed by atoms with Crippen molar-refractivity contribution in [2.24, 2.45) is 11.8 Å². The molecule has 2 aliphatic rings. The molecule has 290 valence electrons. The van der Waals surface area contributed by atoms with Crippen molar-refractivity contribution in [1.82, 2.24) is 9.80 Å². The molecule has 0 radical (unpaired) electrons. The number of furan rings is 1.